The first kappa shape index (κ1) is 20.0. The van der Waals surface area contributed by atoms with Crippen LogP contribution in [0.4, 0.5) is 10.5 Å². The number of ether oxygens (including phenoxy) is 1. The van der Waals surface area contributed by atoms with Crippen LogP contribution in [-0.4, -0.2) is 47.4 Å². The zero-order valence-corrected chi connectivity index (χ0v) is 15.6. The molecule has 1 aliphatic rings. The molecule has 0 aliphatic carbocycles. The molecule has 0 aromatic heterocycles. The van der Waals surface area contributed by atoms with Crippen LogP contribution in [0.5, 0.6) is 0 Å². The van der Waals surface area contributed by atoms with Crippen molar-refractivity contribution in [1.29, 1.82) is 0 Å². The third-order valence-corrected chi connectivity index (χ3v) is 4.29. The quantitative estimate of drug-likeness (QED) is 0.561. The highest BCUT2D eigenvalue weighted by atomic mass is 35.5. The Kier molecular flexibility index (Phi) is 6.09. The minimum atomic E-state index is -1.04. The van der Waals surface area contributed by atoms with Crippen LogP contribution in [0.25, 0.3) is 0 Å². The Bertz CT molecular complexity index is 750. The van der Waals surface area contributed by atoms with Crippen molar-refractivity contribution in [3.05, 3.63) is 28.2 Å². The zero-order chi connectivity index (χ0) is 19.5. The lowest BCUT2D eigenvalue weighted by molar-refractivity contribution is -0.150. The summed E-state index contributed by atoms with van der Waals surface area (Å²) in [6.07, 6.45) is 0.383. The normalized spacial score (nSPS) is 19.3. The van der Waals surface area contributed by atoms with Crippen molar-refractivity contribution in [2.24, 2.45) is 0 Å². The number of esters is 1. The third-order valence-electron chi connectivity index (χ3n) is 3.85. The molecule has 0 bridgehead atoms. The van der Waals surface area contributed by atoms with Crippen LogP contribution in [0.3, 0.4) is 0 Å². The predicted molar refractivity (Wildman–Crippen MR) is 95.0 cm³/mol. The van der Waals surface area contributed by atoms with Gasteiger partial charge in [0.25, 0.3) is 11.8 Å². The fourth-order valence-electron chi connectivity index (χ4n) is 2.27. The van der Waals surface area contributed by atoms with E-state index in [0.717, 1.165) is 4.90 Å². The summed E-state index contributed by atoms with van der Waals surface area (Å²) in [7, 11) is 0. The molecule has 2 rings (SSSR count). The Morgan fingerprint density at radius 2 is 1.85 bits per heavy atom. The molecule has 1 aliphatic heterocycles. The summed E-state index contributed by atoms with van der Waals surface area (Å²) in [5, 5.41) is 5.66. The molecule has 0 radical (unpaired) electrons. The molecule has 1 aromatic rings. The molecule has 1 heterocycles. The monoisotopic (exact) mass is 401 g/mol. The molecule has 1 atom stereocenters. The molecule has 140 valence electrons. The first-order chi connectivity index (χ1) is 12.1. The molecule has 1 saturated heterocycles. The number of rotatable bonds is 6. The molecule has 10 heteroatoms. The van der Waals surface area contributed by atoms with Crippen LogP contribution in [-0.2, 0) is 19.1 Å². The number of carbonyl (C=O) groups excluding carboxylic acids is 4. The van der Waals surface area contributed by atoms with Crippen molar-refractivity contribution in [3.8, 4) is 0 Å². The Hall–Kier alpha value is -2.32. The Labute approximate surface area is 159 Å². The van der Waals surface area contributed by atoms with Crippen LogP contribution in [0, 0.1) is 0 Å². The van der Waals surface area contributed by atoms with Crippen molar-refractivity contribution in [1.82, 2.24) is 10.2 Å². The van der Waals surface area contributed by atoms with Crippen molar-refractivity contribution in [2.75, 3.05) is 18.5 Å². The van der Waals surface area contributed by atoms with Crippen LogP contribution in [0.1, 0.15) is 20.3 Å². The van der Waals surface area contributed by atoms with Gasteiger partial charge in [0.2, 0.25) is 0 Å². The minimum absolute atomic E-state index is 0.335. The summed E-state index contributed by atoms with van der Waals surface area (Å²) in [6.45, 7) is 2.16. The Balaban J connectivity index is 1.86. The number of hydrogen-bond acceptors (Lipinski definition) is 5. The Morgan fingerprint density at radius 1 is 1.23 bits per heavy atom. The molecule has 0 spiro atoms. The molecule has 0 unspecified atom stereocenters. The number of nitrogens with one attached hydrogen (secondary N) is 2. The lowest BCUT2D eigenvalue weighted by atomic mass is 9.99. The van der Waals surface area contributed by atoms with Crippen molar-refractivity contribution < 1.29 is 23.9 Å². The number of urea groups is 1. The average molecular weight is 402 g/mol. The largest absolute Gasteiger partial charge is 0.454 e. The fraction of sp³-hybridized carbons (Fsp3) is 0.375. The van der Waals surface area contributed by atoms with E-state index in [0.29, 0.717) is 22.2 Å². The first-order valence-corrected chi connectivity index (χ1v) is 8.46. The maximum absolute atomic E-state index is 12.2. The van der Waals surface area contributed by atoms with Crippen molar-refractivity contribution in [3.63, 3.8) is 0 Å². The summed E-state index contributed by atoms with van der Waals surface area (Å²) in [4.78, 5) is 48.4. The summed E-state index contributed by atoms with van der Waals surface area (Å²) >= 11 is 11.6. The molecule has 1 aromatic carbocycles. The number of halogens is 2. The van der Waals surface area contributed by atoms with Gasteiger partial charge in [-0.15, -0.1) is 0 Å². The zero-order valence-electron chi connectivity index (χ0n) is 14.1. The number of nitrogens with zero attached hydrogens (tertiary/aromatic N) is 1. The van der Waals surface area contributed by atoms with Crippen molar-refractivity contribution >= 4 is 52.7 Å². The van der Waals surface area contributed by atoms with Gasteiger partial charge in [-0.1, -0.05) is 30.1 Å². The molecule has 26 heavy (non-hydrogen) atoms. The van der Waals surface area contributed by atoms with Gasteiger partial charge >= 0.3 is 12.0 Å². The highest BCUT2D eigenvalue weighted by Gasteiger charge is 2.47. The number of carbonyl (C=O) groups is 4. The van der Waals surface area contributed by atoms with Gasteiger partial charge in [-0.2, -0.15) is 0 Å². The highest BCUT2D eigenvalue weighted by Crippen LogP contribution is 2.22. The van der Waals surface area contributed by atoms with E-state index in [2.05, 4.69) is 10.6 Å². The van der Waals surface area contributed by atoms with Gasteiger partial charge in [0.05, 0.1) is 0 Å². The minimum Gasteiger partial charge on any atom is -0.454 e. The van der Waals surface area contributed by atoms with E-state index in [1.165, 1.54) is 18.2 Å². The second-order valence-electron chi connectivity index (χ2n) is 5.87. The third kappa shape index (κ3) is 4.64. The van der Waals surface area contributed by atoms with Gasteiger partial charge in [-0.25, -0.2) is 4.79 Å². The van der Waals surface area contributed by atoms with E-state index in [4.69, 9.17) is 27.9 Å². The first-order valence-electron chi connectivity index (χ1n) is 7.70. The second kappa shape index (κ2) is 7.92. The van der Waals surface area contributed by atoms with Gasteiger partial charge in [-0.05, 0) is 31.5 Å². The molecular formula is C16H17Cl2N3O5. The smallest absolute Gasteiger partial charge is 0.326 e. The van der Waals surface area contributed by atoms with E-state index < -0.39 is 42.5 Å². The molecule has 0 saturated carbocycles. The lowest BCUT2D eigenvalue weighted by Crippen LogP contribution is -2.43. The van der Waals surface area contributed by atoms with E-state index >= 15 is 0 Å². The summed E-state index contributed by atoms with van der Waals surface area (Å²) < 4.78 is 4.81. The van der Waals surface area contributed by atoms with E-state index in [1.807, 2.05) is 0 Å². The van der Waals surface area contributed by atoms with Gasteiger partial charge < -0.3 is 15.4 Å². The van der Waals surface area contributed by atoms with Crippen molar-refractivity contribution in [2.45, 2.75) is 25.8 Å². The SMILES string of the molecule is CC[C@]1(C)NC(=O)N(CC(=O)OCC(=O)Nc2cc(Cl)cc(Cl)c2)C1=O. The van der Waals surface area contributed by atoms with Crippen LogP contribution in [0.2, 0.25) is 10.0 Å². The molecule has 8 nitrogen and oxygen atoms in total. The number of imide groups is 1. The van der Waals surface area contributed by atoms with E-state index in [1.54, 1.807) is 13.8 Å². The van der Waals surface area contributed by atoms with Crippen LogP contribution >= 0.6 is 23.2 Å². The Morgan fingerprint density at radius 3 is 2.38 bits per heavy atom. The number of anilines is 1. The molecule has 1 fully saturated rings. The maximum atomic E-state index is 12.2. The number of benzene rings is 1. The predicted octanol–water partition coefficient (Wildman–Crippen LogP) is 2.20. The van der Waals surface area contributed by atoms with Crippen LogP contribution in [0.15, 0.2) is 18.2 Å². The lowest BCUT2D eigenvalue weighted by Gasteiger charge is -2.18. The van der Waals surface area contributed by atoms with Gasteiger partial charge in [0.1, 0.15) is 12.1 Å². The van der Waals surface area contributed by atoms with Gasteiger partial charge in [0, 0.05) is 15.7 Å². The van der Waals surface area contributed by atoms with E-state index in [9.17, 15) is 19.2 Å². The molecule has 4 amide bonds. The van der Waals surface area contributed by atoms with Gasteiger partial charge in [-0.3, -0.25) is 19.3 Å². The fourth-order valence-corrected chi connectivity index (χ4v) is 2.80. The van der Waals surface area contributed by atoms with Crippen LogP contribution < -0.4 is 10.6 Å². The standard InChI is InChI=1S/C16H17Cl2N3O5/c1-3-16(2)14(24)21(15(25)20-16)7-13(23)26-8-12(22)19-11-5-9(17)4-10(18)6-11/h4-6H,3,7-8H2,1-2H3,(H,19,22)(H,20,25)/t16-/m0/s1. The number of hydrogen-bond donors (Lipinski definition) is 2. The highest BCUT2D eigenvalue weighted by molar-refractivity contribution is 6.35. The molecule has 2 N–H and O–H groups in total. The molecular weight excluding hydrogens is 385 g/mol. The van der Waals surface area contributed by atoms with E-state index in [-0.39, 0.29) is 0 Å². The average Bonchev–Trinajstić information content (AvgIpc) is 2.76. The summed E-state index contributed by atoms with van der Waals surface area (Å²) in [5.74, 6) is -2.01. The van der Waals surface area contributed by atoms with Gasteiger partial charge in [0.15, 0.2) is 6.61 Å². The second-order valence-corrected chi connectivity index (χ2v) is 6.75. The summed E-state index contributed by atoms with van der Waals surface area (Å²) in [6, 6.07) is 3.79. The topological polar surface area (TPSA) is 105 Å². The summed E-state index contributed by atoms with van der Waals surface area (Å²) in [5.41, 5.74) is -0.697. The maximum Gasteiger partial charge on any atom is 0.326 e. The number of amides is 4.